The number of ketones is 1. The maximum Gasteiger partial charge on any atom is 0.228 e. The topological polar surface area (TPSA) is 50.5 Å². The zero-order chi connectivity index (χ0) is 16.7. The predicted molar refractivity (Wildman–Crippen MR) is 92.7 cm³/mol. The molecule has 2 heterocycles. The van der Waals surface area contributed by atoms with Crippen LogP contribution in [0.15, 0.2) is 52.9 Å². The van der Waals surface area contributed by atoms with Gasteiger partial charge in [-0.3, -0.25) is 9.59 Å². The molecule has 1 aliphatic heterocycles. The van der Waals surface area contributed by atoms with Gasteiger partial charge in [-0.25, -0.2) is 0 Å². The van der Waals surface area contributed by atoms with E-state index in [9.17, 15) is 9.59 Å². The summed E-state index contributed by atoms with van der Waals surface area (Å²) >= 11 is 5.97. The minimum atomic E-state index is -0.212. The number of carbonyl (C=O) groups excluding carboxylic acids is 2. The maximum absolute atomic E-state index is 12.7. The fraction of sp³-hybridized carbons (Fsp3) is 0.158. The molecule has 0 saturated carbocycles. The first-order chi connectivity index (χ1) is 11.6. The van der Waals surface area contributed by atoms with Crippen molar-refractivity contribution in [3.63, 3.8) is 0 Å². The molecule has 0 bridgehead atoms. The Kier molecular flexibility index (Phi) is 3.62. The van der Waals surface area contributed by atoms with Crippen LogP contribution in [0.4, 0.5) is 5.69 Å². The highest BCUT2D eigenvalue weighted by Crippen LogP contribution is 2.27. The number of rotatable bonds is 3. The standard InChI is InChI=1S/C19H14ClNO3/c20-14-6-7-16-13(9-14)11-17(24-16)19(23)12-3-1-4-15(10-12)21-8-2-5-18(21)22/h1,3-4,6-7,9-11H,2,5,8H2. The summed E-state index contributed by atoms with van der Waals surface area (Å²) in [5.41, 5.74) is 1.87. The smallest absolute Gasteiger partial charge is 0.228 e. The Labute approximate surface area is 143 Å². The summed E-state index contributed by atoms with van der Waals surface area (Å²) in [5, 5.41) is 1.38. The maximum atomic E-state index is 12.7. The molecule has 0 aliphatic carbocycles. The summed E-state index contributed by atoms with van der Waals surface area (Å²) < 4.78 is 5.64. The van der Waals surface area contributed by atoms with Crippen LogP contribution in [0.3, 0.4) is 0 Å². The van der Waals surface area contributed by atoms with Crippen LogP contribution in [-0.2, 0) is 4.79 Å². The summed E-state index contributed by atoms with van der Waals surface area (Å²) in [7, 11) is 0. The molecule has 3 aromatic rings. The molecule has 120 valence electrons. The van der Waals surface area contributed by atoms with Gasteiger partial charge in [0.05, 0.1) is 0 Å². The van der Waals surface area contributed by atoms with Crippen molar-refractivity contribution in [2.75, 3.05) is 11.4 Å². The van der Waals surface area contributed by atoms with E-state index in [-0.39, 0.29) is 17.5 Å². The highest BCUT2D eigenvalue weighted by molar-refractivity contribution is 6.31. The SMILES string of the molecule is O=C(c1cccc(N2CCCC2=O)c1)c1cc2cc(Cl)ccc2o1. The van der Waals surface area contributed by atoms with Gasteiger partial charge < -0.3 is 9.32 Å². The van der Waals surface area contributed by atoms with Crippen LogP contribution >= 0.6 is 11.6 Å². The summed E-state index contributed by atoms with van der Waals surface area (Å²) in [5.74, 6) is 0.144. The average Bonchev–Trinajstić information content (AvgIpc) is 3.20. The van der Waals surface area contributed by atoms with E-state index in [1.807, 2.05) is 6.07 Å². The van der Waals surface area contributed by atoms with Crippen LogP contribution in [0, 0.1) is 0 Å². The fourth-order valence-electron chi connectivity index (χ4n) is 3.00. The minimum absolute atomic E-state index is 0.0953. The molecule has 1 fully saturated rings. The third-order valence-corrected chi connectivity index (χ3v) is 4.43. The molecule has 0 radical (unpaired) electrons. The summed E-state index contributed by atoms with van der Waals surface area (Å²) in [6, 6.07) is 14.0. The Bertz CT molecular complexity index is 960. The van der Waals surface area contributed by atoms with Gasteiger partial charge in [-0.2, -0.15) is 0 Å². The second kappa shape index (κ2) is 5.80. The lowest BCUT2D eigenvalue weighted by molar-refractivity contribution is -0.117. The molecule has 4 rings (SSSR count). The van der Waals surface area contributed by atoms with E-state index in [1.165, 1.54) is 0 Å². The molecule has 1 aliphatic rings. The van der Waals surface area contributed by atoms with Gasteiger partial charge in [0, 0.05) is 34.6 Å². The quantitative estimate of drug-likeness (QED) is 0.663. The first-order valence-electron chi connectivity index (χ1n) is 7.76. The Morgan fingerprint density at radius 3 is 2.79 bits per heavy atom. The summed E-state index contributed by atoms with van der Waals surface area (Å²) in [6.45, 7) is 0.694. The molecule has 5 heteroatoms. The van der Waals surface area contributed by atoms with E-state index < -0.39 is 0 Å². The van der Waals surface area contributed by atoms with Crippen LogP contribution in [-0.4, -0.2) is 18.2 Å². The second-order valence-corrected chi connectivity index (χ2v) is 6.26. The molecule has 0 atom stereocenters. The summed E-state index contributed by atoms with van der Waals surface area (Å²) in [6.07, 6.45) is 1.41. The van der Waals surface area contributed by atoms with E-state index in [0.717, 1.165) is 17.5 Å². The van der Waals surface area contributed by atoms with Crippen molar-refractivity contribution >= 4 is 39.9 Å². The number of fused-ring (bicyclic) bond motifs is 1. The number of hydrogen-bond donors (Lipinski definition) is 0. The third kappa shape index (κ3) is 2.59. The van der Waals surface area contributed by atoms with Gasteiger partial charge in [0.2, 0.25) is 11.7 Å². The second-order valence-electron chi connectivity index (χ2n) is 5.82. The Hall–Kier alpha value is -2.59. The number of carbonyl (C=O) groups is 2. The van der Waals surface area contributed by atoms with Crippen molar-refractivity contribution in [1.29, 1.82) is 0 Å². The van der Waals surface area contributed by atoms with Gasteiger partial charge in [-0.1, -0.05) is 23.7 Å². The lowest BCUT2D eigenvalue weighted by Crippen LogP contribution is -2.23. The van der Waals surface area contributed by atoms with Crippen LogP contribution in [0.5, 0.6) is 0 Å². The lowest BCUT2D eigenvalue weighted by Gasteiger charge is -2.16. The molecule has 4 nitrogen and oxygen atoms in total. The third-order valence-electron chi connectivity index (χ3n) is 4.20. The minimum Gasteiger partial charge on any atom is -0.453 e. The van der Waals surface area contributed by atoms with Crippen molar-refractivity contribution in [1.82, 2.24) is 0 Å². The van der Waals surface area contributed by atoms with Crippen molar-refractivity contribution in [3.8, 4) is 0 Å². The number of hydrogen-bond acceptors (Lipinski definition) is 3. The van der Waals surface area contributed by atoms with Gasteiger partial charge in [-0.05, 0) is 42.8 Å². The Morgan fingerprint density at radius 1 is 1.12 bits per heavy atom. The molecule has 1 saturated heterocycles. The number of anilines is 1. The van der Waals surface area contributed by atoms with E-state index >= 15 is 0 Å². The number of amides is 1. The summed E-state index contributed by atoms with van der Waals surface area (Å²) in [4.78, 5) is 26.3. The molecule has 0 spiro atoms. The van der Waals surface area contributed by atoms with Gasteiger partial charge in [0.15, 0.2) is 5.76 Å². The average molecular weight is 340 g/mol. The highest BCUT2D eigenvalue weighted by Gasteiger charge is 2.23. The van der Waals surface area contributed by atoms with Gasteiger partial charge in [-0.15, -0.1) is 0 Å². The van der Waals surface area contributed by atoms with E-state index in [4.69, 9.17) is 16.0 Å². The van der Waals surface area contributed by atoms with Crippen molar-refractivity contribution in [2.45, 2.75) is 12.8 Å². The first kappa shape index (κ1) is 15.0. The van der Waals surface area contributed by atoms with E-state index in [0.29, 0.717) is 29.1 Å². The molecule has 1 aromatic heterocycles. The van der Waals surface area contributed by atoms with Crippen molar-refractivity contribution in [3.05, 3.63) is 64.9 Å². The largest absolute Gasteiger partial charge is 0.453 e. The van der Waals surface area contributed by atoms with Crippen LogP contribution < -0.4 is 4.90 Å². The van der Waals surface area contributed by atoms with Crippen LogP contribution in [0.2, 0.25) is 5.02 Å². The molecule has 2 aromatic carbocycles. The predicted octanol–water partition coefficient (Wildman–Crippen LogP) is 4.44. The van der Waals surface area contributed by atoms with Crippen molar-refractivity contribution in [2.24, 2.45) is 0 Å². The number of furan rings is 1. The number of halogens is 1. The molecule has 24 heavy (non-hydrogen) atoms. The van der Waals surface area contributed by atoms with Gasteiger partial charge in [0.25, 0.3) is 0 Å². The first-order valence-corrected chi connectivity index (χ1v) is 8.14. The fourth-order valence-corrected chi connectivity index (χ4v) is 3.19. The highest BCUT2D eigenvalue weighted by atomic mass is 35.5. The Morgan fingerprint density at radius 2 is 2.00 bits per heavy atom. The van der Waals surface area contributed by atoms with Crippen LogP contribution in [0.1, 0.15) is 29.0 Å². The van der Waals surface area contributed by atoms with E-state index in [1.54, 1.807) is 47.4 Å². The normalized spacial score (nSPS) is 14.5. The molecular weight excluding hydrogens is 326 g/mol. The van der Waals surface area contributed by atoms with Gasteiger partial charge in [0.1, 0.15) is 5.58 Å². The zero-order valence-electron chi connectivity index (χ0n) is 12.8. The van der Waals surface area contributed by atoms with Crippen LogP contribution in [0.25, 0.3) is 11.0 Å². The monoisotopic (exact) mass is 339 g/mol. The number of benzene rings is 2. The van der Waals surface area contributed by atoms with Gasteiger partial charge >= 0.3 is 0 Å². The van der Waals surface area contributed by atoms with E-state index in [2.05, 4.69) is 0 Å². The molecule has 0 unspecified atom stereocenters. The molecular formula is C19H14ClNO3. The zero-order valence-corrected chi connectivity index (χ0v) is 13.5. The molecule has 0 N–H and O–H groups in total. The lowest BCUT2D eigenvalue weighted by atomic mass is 10.1. The number of nitrogens with zero attached hydrogens (tertiary/aromatic N) is 1. The molecule has 1 amide bonds. The Balaban J connectivity index is 1.69. The van der Waals surface area contributed by atoms with Crippen molar-refractivity contribution < 1.29 is 14.0 Å².